The van der Waals surface area contributed by atoms with Crippen LogP contribution in [0.5, 0.6) is 0 Å². The zero-order chi connectivity index (χ0) is 18.2. The highest BCUT2D eigenvalue weighted by Gasteiger charge is 2.16. The van der Waals surface area contributed by atoms with E-state index < -0.39 is 4.92 Å². The average Bonchev–Trinajstić information content (AvgIpc) is 2.66. The van der Waals surface area contributed by atoms with E-state index in [-0.39, 0.29) is 11.5 Å². The monoisotopic (exact) mass is 335 g/mol. The number of aryl methyl sites for hydroxylation is 1. The maximum atomic E-state index is 11.2. The van der Waals surface area contributed by atoms with Crippen LogP contribution in [-0.4, -0.2) is 9.91 Å². The van der Waals surface area contributed by atoms with Crippen LogP contribution >= 0.6 is 0 Å². The zero-order valence-electron chi connectivity index (χ0n) is 14.6. The van der Waals surface area contributed by atoms with Crippen molar-refractivity contribution in [1.82, 2.24) is 4.98 Å². The van der Waals surface area contributed by atoms with E-state index in [0.717, 1.165) is 16.8 Å². The Bertz CT molecular complexity index is 831. The largest absolute Gasteiger partial charge is 0.334 e. The highest BCUT2D eigenvalue weighted by Crippen LogP contribution is 2.29. The molecular weight excluding hydrogens is 314 g/mol. The Hall–Kier alpha value is -3.21. The molecule has 1 aromatic heterocycles. The highest BCUT2D eigenvalue weighted by molar-refractivity contribution is 5.70. The second-order valence-corrected chi connectivity index (χ2v) is 5.18. The maximum absolute atomic E-state index is 11.2. The van der Waals surface area contributed by atoms with E-state index in [1.54, 1.807) is 6.07 Å². The van der Waals surface area contributed by atoms with Gasteiger partial charge in [0.15, 0.2) is 0 Å². The van der Waals surface area contributed by atoms with Crippen LogP contribution in [0.15, 0.2) is 66.7 Å². The first-order valence-corrected chi connectivity index (χ1v) is 8.18. The van der Waals surface area contributed by atoms with Crippen LogP contribution in [0.25, 0.3) is 11.3 Å². The number of nitrogens with one attached hydrogen (secondary N) is 1. The Morgan fingerprint density at radius 3 is 2.16 bits per heavy atom. The van der Waals surface area contributed by atoms with E-state index in [0.29, 0.717) is 5.69 Å². The molecule has 0 aliphatic carbocycles. The Morgan fingerprint density at radius 2 is 1.56 bits per heavy atom. The Kier molecular flexibility index (Phi) is 6.23. The number of hydrogen-bond acceptors (Lipinski definition) is 4. The molecule has 0 saturated heterocycles. The van der Waals surface area contributed by atoms with Gasteiger partial charge in [0.2, 0.25) is 5.82 Å². The molecule has 25 heavy (non-hydrogen) atoms. The predicted octanol–water partition coefficient (Wildman–Crippen LogP) is 5.74. The molecule has 0 aliphatic heterocycles. The Morgan fingerprint density at radius 1 is 0.920 bits per heavy atom. The smallest absolute Gasteiger partial charge is 0.311 e. The molecule has 0 unspecified atom stereocenters. The minimum Gasteiger partial charge on any atom is -0.334 e. The lowest BCUT2D eigenvalue weighted by molar-refractivity contribution is -0.384. The van der Waals surface area contributed by atoms with E-state index in [1.165, 1.54) is 6.07 Å². The molecule has 0 spiro atoms. The molecule has 5 nitrogen and oxygen atoms in total. The summed E-state index contributed by atoms with van der Waals surface area (Å²) in [7, 11) is 0. The molecule has 128 valence electrons. The molecule has 0 saturated carbocycles. The molecule has 3 aromatic rings. The lowest BCUT2D eigenvalue weighted by Gasteiger charge is -2.09. The van der Waals surface area contributed by atoms with Crippen molar-refractivity contribution in [3.63, 3.8) is 0 Å². The summed E-state index contributed by atoms with van der Waals surface area (Å²) >= 11 is 0. The lowest BCUT2D eigenvalue weighted by Crippen LogP contribution is -2.00. The van der Waals surface area contributed by atoms with Crippen LogP contribution in [0, 0.1) is 17.0 Å². The zero-order valence-corrected chi connectivity index (χ0v) is 14.6. The molecule has 5 heteroatoms. The fraction of sp³-hybridized carbons (Fsp3) is 0.150. The van der Waals surface area contributed by atoms with E-state index in [2.05, 4.69) is 10.3 Å². The van der Waals surface area contributed by atoms with Crippen molar-refractivity contribution < 1.29 is 4.92 Å². The normalized spacial score (nSPS) is 9.72. The van der Waals surface area contributed by atoms with Gasteiger partial charge < -0.3 is 5.32 Å². The molecule has 0 atom stereocenters. The van der Waals surface area contributed by atoms with Gasteiger partial charge >= 0.3 is 5.69 Å². The van der Waals surface area contributed by atoms with E-state index in [1.807, 2.05) is 75.4 Å². The third-order valence-electron chi connectivity index (χ3n) is 3.45. The lowest BCUT2D eigenvalue weighted by atomic mass is 10.1. The molecule has 0 amide bonds. The van der Waals surface area contributed by atoms with Gasteiger partial charge in [-0.25, -0.2) is 4.98 Å². The van der Waals surface area contributed by atoms with Crippen LogP contribution in [0.4, 0.5) is 17.2 Å². The summed E-state index contributed by atoms with van der Waals surface area (Å²) in [6.07, 6.45) is 0. The van der Waals surface area contributed by atoms with Crippen molar-refractivity contribution >= 4 is 17.2 Å². The molecular formula is C20H21N3O2. The predicted molar refractivity (Wildman–Crippen MR) is 102 cm³/mol. The molecule has 0 fully saturated rings. The van der Waals surface area contributed by atoms with Gasteiger partial charge in [-0.05, 0) is 25.1 Å². The highest BCUT2D eigenvalue weighted by atomic mass is 16.6. The van der Waals surface area contributed by atoms with Crippen LogP contribution in [0.2, 0.25) is 0 Å². The van der Waals surface area contributed by atoms with Gasteiger partial charge in [0, 0.05) is 17.3 Å². The van der Waals surface area contributed by atoms with Gasteiger partial charge in [-0.2, -0.15) is 0 Å². The van der Waals surface area contributed by atoms with E-state index in [4.69, 9.17) is 0 Å². The van der Waals surface area contributed by atoms with Crippen molar-refractivity contribution in [1.29, 1.82) is 0 Å². The fourth-order valence-corrected chi connectivity index (χ4v) is 2.23. The van der Waals surface area contributed by atoms with Crippen molar-refractivity contribution in [2.45, 2.75) is 20.8 Å². The summed E-state index contributed by atoms with van der Waals surface area (Å²) in [5.41, 5.74) is 3.43. The number of benzene rings is 2. The minimum absolute atomic E-state index is 0.0507. The first kappa shape index (κ1) is 18.1. The van der Waals surface area contributed by atoms with E-state index >= 15 is 0 Å². The van der Waals surface area contributed by atoms with Crippen LogP contribution < -0.4 is 5.32 Å². The van der Waals surface area contributed by atoms with Crippen molar-refractivity contribution in [2.24, 2.45) is 0 Å². The second kappa shape index (κ2) is 8.59. The van der Waals surface area contributed by atoms with Crippen LogP contribution in [0.3, 0.4) is 0 Å². The molecule has 0 bridgehead atoms. The Balaban J connectivity index is 0.00000109. The number of rotatable bonds is 4. The quantitative estimate of drug-likeness (QED) is 0.488. The summed E-state index contributed by atoms with van der Waals surface area (Å²) in [5, 5.41) is 14.3. The van der Waals surface area contributed by atoms with E-state index in [9.17, 15) is 10.1 Å². The van der Waals surface area contributed by atoms with Crippen molar-refractivity contribution in [3.05, 3.63) is 82.4 Å². The van der Waals surface area contributed by atoms with Gasteiger partial charge in [-0.15, -0.1) is 0 Å². The first-order valence-electron chi connectivity index (χ1n) is 8.18. The van der Waals surface area contributed by atoms with Gasteiger partial charge in [-0.1, -0.05) is 61.9 Å². The second-order valence-electron chi connectivity index (χ2n) is 5.18. The summed E-state index contributed by atoms with van der Waals surface area (Å²) in [6.45, 7) is 5.99. The van der Waals surface area contributed by atoms with Crippen molar-refractivity contribution in [3.8, 4) is 11.3 Å². The SMILES string of the molecule is CC.Cc1ccc(Nc2nc(-c3ccccc3)ccc2[N+](=O)[O-])cc1. The van der Waals surface area contributed by atoms with Gasteiger partial charge in [0.05, 0.1) is 10.6 Å². The topological polar surface area (TPSA) is 68.1 Å². The molecule has 1 heterocycles. The number of hydrogen-bond donors (Lipinski definition) is 1. The van der Waals surface area contributed by atoms with Crippen LogP contribution in [-0.2, 0) is 0 Å². The number of anilines is 2. The molecule has 1 N–H and O–H groups in total. The number of aromatic nitrogens is 1. The van der Waals surface area contributed by atoms with Gasteiger partial charge in [0.1, 0.15) is 0 Å². The molecule has 0 aliphatic rings. The standard InChI is InChI=1S/C18H15N3O2.C2H6/c1-13-7-9-15(10-8-13)19-18-17(21(22)23)12-11-16(20-18)14-5-3-2-4-6-14;1-2/h2-12H,1H3,(H,19,20);1-2H3. The van der Waals surface area contributed by atoms with Crippen LogP contribution in [0.1, 0.15) is 19.4 Å². The third kappa shape index (κ3) is 4.64. The number of nitro groups is 1. The molecule has 2 aromatic carbocycles. The van der Waals surface area contributed by atoms with Crippen molar-refractivity contribution in [2.75, 3.05) is 5.32 Å². The maximum Gasteiger partial charge on any atom is 0.311 e. The summed E-state index contributed by atoms with van der Waals surface area (Å²) < 4.78 is 0. The van der Waals surface area contributed by atoms with Gasteiger partial charge in [-0.3, -0.25) is 10.1 Å². The summed E-state index contributed by atoms with van der Waals surface area (Å²) in [4.78, 5) is 15.2. The minimum atomic E-state index is -0.432. The number of pyridine rings is 1. The summed E-state index contributed by atoms with van der Waals surface area (Å²) in [6, 6.07) is 20.3. The Labute approximate surface area is 147 Å². The summed E-state index contributed by atoms with van der Waals surface area (Å²) in [5.74, 6) is 0.236. The first-order chi connectivity index (χ1) is 12.1. The number of nitrogens with zero attached hydrogens (tertiary/aromatic N) is 2. The fourth-order valence-electron chi connectivity index (χ4n) is 2.23. The average molecular weight is 335 g/mol. The third-order valence-corrected chi connectivity index (χ3v) is 3.45. The molecule has 0 radical (unpaired) electrons. The van der Waals surface area contributed by atoms with Gasteiger partial charge in [0.25, 0.3) is 0 Å². The molecule has 3 rings (SSSR count).